The number of amides is 3. The average Bonchev–Trinajstić information content (AvgIpc) is 2.83. The van der Waals surface area contributed by atoms with Crippen molar-refractivity contribution < 1.29 is 34.2 Å². The molecule has 35 heavy (non-hydrogen) atoms. The third-order valence-electron chi connectivity index (χ3n) is 5.03. The van der Waals surface area contributed by atoms with Crippen LogP contribution in [-0.2, 0) is 36.8 Å². The van der Waals surface area contributed by atoms with Gasteiger partial charge in [-0.05, 0) is 11.1 Å². The number of carboxylic acid groups (broad SMARTS) is 2. The SMILES string of the molecule is NCC(=O)N[C@@H](Cc1ccccc1)C(=O)N[C@@H](CC(=O)O)C(=O)N[C@@H](Cc1ccccc1)C(=O)O. The van der Waals surface area contributed by atoms with Crippen LogP contribution in [0.5, 0.6) is 0 Å². The second kappa shape index (κ2) is 13.5. The first kappa shape index (κ1) is 27.0. The van der Waals surface area contributed by atoms with E-state index in [-0.39, 0.29) is 19.4 Å². The standard InChI is InChI=1S/C24H28N4O7/c25-14-20(29)26-17(11-15-7-3-1-4-8-15)22(32)27-18(13-21(30)31)23(33)28-19(24(34)35)12-16-9-5-2-6-10-16/h1-10,17-19H,11-14,25H2,(H,26,29)(H,27,32)(H,28,33)(H,30,31)(H,34,35)/t17-,18-,19-/m0/s1. The maximum absolute atomic E-state index is 13.0. The van der Waals surface area contributed by atoms with Gasteiger partial charge in [-0.3, -0.25) is 19.2 Å². The fourth-order valence-corrected chi connectivity index (χ4v) is 3.29. The number of hydrogen-bond acceptors (Lipinski definition) is 6. The highest BCUT2D eigenvalue weighted by molar-refractivity contribution is 5.95. The van der Waals surface area contributed by atoms with E-state index in [9.17, 15) is 34.2 Å². The van der Waals surface area contributed by atoms with Gasteiger partial charge < -0.3 is 31.9 Å². The van der Waals surface area contributed by atoms with E-state index in [4.69, 9.17) is 5.73 Å². The van der Waals surface area contributed by atoms with Gasteiger partial charge >= 0.3 is 11.9 Å². The fourth-order valence-electron chi connectivity index (χ4n) is 3.29. The number of carboxylic acids is 2. The quantitative estimate of drug-likeness (QED) is 0.218. The normalized spacial score (nSPS) is 13.1. The smallest absolute Gasteiger partial charge is 0.326 e. The van der Waals surface area contributed by atoms with Crippen molar-refractivity contribution in [2.24, 2.45) is 5.73 Å². The summed E-state index contributed by atoms with van der Waals surface area (Å²) in [6.07, 6.45) is -0.775. The van der Waals surface area contributed by atoms with Crippen molar-refractivity contribution in [3.8, 4) is 0 Å². The molecule has 0 fully saturated rings. The molecule has 0 bridgehead atoms. The highest BCUT2D eigenvalue weighted by Gasteiger charge is 2.31. The topological polar surface area (TPSA) is 188 Å². The van der Waals surface area contributed by atoms with Crippen LogP contribution >= 0.6 is 0 Å². The van der Waals surface area contributed by atoms with Crippen molar-refractivity contribution in [2.45, 2.75) is 37.4 Å². The summed E-state index contributed by atoms with van der Waals surface area (Å²) in [5.41, 5.74) is 6.69. The van der Waals surface area contributed by atoms with Crippen LogP contribution in [-0.4, -0.2) is 64.5 Å². The third-order valence-corrected chi connectivity index (χ3v) is 5.03. The first-order valence-corrected chi connectivity index (χ1v) is 10.8. The van der Waals surface area contributed by atoms with Crippen molar-refractivity contribution in [2.75, 3.05) is 6.54 Å². The van der Waals surface area contributed by atoms with E-state index >= 15 is 0 Å². The molecular weight excluding hydrogens is 456 g/mol. The Morgan fingerprint density at radius 2 is 1.14 bits per heavy atom. The number of hydrogen-bond donors (Lipinski definition) is 6. The molecule has 3 atom stereocenters. The van der Waals surface area contributed by atoms with Crippen LogP contribution in [0.25, 0.3) is 0 Å². The molecule has 7 N–H and O–H groups in total. The monoisotopic (exact) mass is 484 g/mol. The lowest BCUT2D eigenvalue weighted by Gasteiger charge is -2.24. The molecule has 2 aromatic rings. The zero-order valence-electron chi connectivity index (χ0n) is 18.8. The van der Waals surface area contributed by atoms with Gasteiger partial charge in [0.1, 0.15) is 18.1 Å². The highest BCUT2D eigenvalue weighted by Crippen LogP contribution is 2.07. The molecule has 11 nitrogen and oxygen atoms in total. The molecule has 2 aromatic carbocycles. The molecule has 0 saturated carbocycles. The Hall–Kier alpha value is -4.25. The van der Waals surface area contributed by atoms with E-state index in [2.05, 4.69) is 16.0 Å². The molecule has 0 aromatic heterocycles. The molecule has 0 heterocycles. The van der Waals surface area contributed by atoms with Gasteiger partial charge in [-0.25, -0.2) is 4.79 Å². The lowest BCUT2D eigenvalue weighted by atomic mass is 10.0. The summed E-state index contributed by atoms with van der Waals surface area (Å²) in [5, 5.41) is 25.9. The number of carbonyl (C=O) groups excluding carboxylic acids is 3. The molecule has 0 unspecified atom stereocenters. The lowest BCUT2D eigenvalue weighted by Crippen LogP contribution is -2.57. The van der Waals surface area contributed by atoms with Gasteiger partial charge in [0.25, 0.3) is 0 Å². The Labute approximate surface area is 201 Å². The van der Waals surface area contributed by atoms with Crippen LogP contribution < -0.4 is 21.7 Å². The van der Waals surface area contributed by atoms with Crippen molar-refractivity contribution in [3.63, 3.8) is 0 Å². The fraction of sp³-hybridized carbons (Fsp3) is 0.292. The minimum Gasteiger partial charge on any atom is -0.481 e. The van der Waals surface area contributed by atoms with Crippen LogP contribution in [0, 0.1) is 0 Å². The van der Waals surface area contributed by atoms with Gasteiger partial charge in [-0.1, -0.05) is 60.7 Å². The predicted molar refractivity (Wildman–Crippen MR) is 125 cm³/mol. The second-order valence-electron chi connectivity index (χ2n) is 7.76. The number of nitrogens with two attached hydrogens (primary N) is 1. The van der Waals surface area contributed by atoms with Crippen LogP contribution in [0.2, 0.25) is 0 Å². The third kappa shape index (κ3) is 9.26. The first-order valence-electron chi connectivity index (χ1n) is 10.8. The Kier molecular flexibility index (Phi) is 10.4. The largest absolute Gasteiger partial charge is 0.481 e. The predicted octanol–water partition coefficient (Wildman–Crippen LogP) is -0.556. The van der Waals surface area contributed by atoms with Crippen molar-refractivity contribution in [1.29, 1.82) is 0 Å². The minimum absolute atomic E-state index is 0.0428. The summed E-state index contributed by atoms with van der Waals surface area (Å²) in [4.78, 5) is 60.7. The van der Waals surface area contributed by atoms with Gasteiger partial charge in [0.05, 0.1) is 13.0 Å². The highest BCUT2D eigenvalue weighted by atomic mass is 16.4. The molecule has 2 rings (SSSR count). The van der Waals surface area contributed by atoms with E-state index in [1.54, 1.807) is 60.7 Å². The van der Waals surface area contributed by atoms with Gasteiger partial charge in [0.15, 0.2) is 0 Å². The number of aliphatic carboxylic acids is 2. The zero-order valence-corrected chi connectivity index (χ0v) is 18.8. The molecule has 0 saturated heterocycles. The van der Waals surface area contributed by atoms with Crippen LogP contribution in [0.1, 0.15) is 17.5 Å². The first-order chi connectivity index (χ1) is 16.7. The summed E-state index contributed by atoms with van der Waals surface area (Å²) < 4.78 is 0. The molecule has 186 valence electrons. The van der Waals surface area contributed by atoms with E-state index in [0.29, 0.717) is 11.1 Å². The van der Waals surface area contributed by atoms with Gasteiger partial charge in [-0.2, -0.15) is 0 Å². The van der Waals surface area contributed by atoms with E-state index in [0.717, 1.165) is 0 Å². The summed E-state index contributed by atoms with van der Waals surface area (Å²) in [6.45, 7) is -0.378. The minimum atomic E-state index is -1.58. The summed E-state index contributed by atoms with van der Waals surface area (Å²) in [6, 6.07) is 13.2. The molecule has 0 aliphatic rings. The summed E-state index contributed by atoms with van der Waals surface area (Å²) in [7, 11) is 0. The van der Waals surface area contributed by atoms with Crippen molar-refractivity contribution >= 4 is 29.7 Å². The van der Waals surface area contributed by atoms with E-state index in [1.165, 1.54) is 0 Å². The van der Waals surface area contributed by atoms with Crippen LogP contribution in [0.15, 0.2) is 60.7 Å². The van der Waals surface area contributed by atoms with E-state index in [1.807, 2.05) is 0 Å². The zero-order chi connectivity index (χ0) is 25.8. The number of carbonyl (C=O) groups is 5. The van der Waals surface area contributed by atoms with E-state index < -0.39 is 54.2 Å². The Morgan fingerprint density at radius 1 is 0.686 bits per heavy atom. The van der Waals surface area contributed by atoms with Crippen molar-refractivity contribution in [1.82, 2.24) is 16.0 Å². The van der Waals surface area contributed by atoms with Crippen LogP contribution in [0.3, 0.4) is 0 Å². The Morgan fingerprint density at radius 3 is 1.60 bits per heavy atom. The molecule has 0 aliphatic heterocycles. The maximum atomic E-state index is 13.0. The molecular formula is C24H28N4O7. The Bertz CT molecular complexity index is 1030. The number of benzene rings is 2. The maximum Gasteiger partial charge on any atom is 0.326 e. The number of nitrogens with one attached hydrogen (secondary N) is 3. The lowest BCUT2D eigenvalue weighted by molar-refractivity contribution is -0.143. The number of rotatable bonds is 13. The van der Waals surface area contributed by atoms with Crippen LogP contribution in [0.4, 0.5) is 0 Å². The molecule has 11 heteroatoms. The van der Waals surface area contributed by atoms with Gasteiger partial charge in [-0.15, -0.1) is 0 Å². The molecule has 0 spiro atoms. The Balaban J connectivity index is 2.17. The second-order valence-corrected chi connectivity index (χ2v) is 7.76. The summed E-state index contributed by atoms with van der Waals surface area (Å²) >= 11 is 0. The molecule has 0 radical (unpaired) electrons. The van der Waals surface area contributed by atoms with Gasteiger partial charge in [0.2, 0.25) is 17.7 Å². The van der Waals surface area contributed by atoms with Crippen molar-refractivity contribution in [3.05, 3.63) is 71.8 Å². The summed E-state index contributed by atoms with van der Waals surface area (Å²) in [5.74, 6) is -5.11. The molecule has 0 aliphatic carbocycles. The molecule has 3 amide bonds. The average molecular weight is 485 g/mol. The van der Waals surface area contributed by atoms with Gasteiger partial charge in [0, 0.05) is 12.8 Å².